The maximum absolute atomic E-state index is 9.34. The van der Waals surface area contributed by atoms with Crippen molar-refractivity contribution in [3.63, 3.8) is 0 Å². The second-order valence-corrected chi connectivity index (χ2v) is 5.88. The fourth-order valence-electron chi connectivity index (χ4n) is 3.68. The SMILES string of the molecule is CCCC1CCN(C2CCCCCC2C#N)C1. The Bertz CT molecular complexity index is 269. The lowest BCUT2D eigenvalue weighted by Crippen LogP contribution is -2.38. The third-order valence-corrected chi connectivity index (χ3v) is 4.63. The van der Waals surface area contributed by atoms with Crippen molar-refractivity contribution >= 4 is 0 Å². The van der Waals surface area contributed by atoms with E-state index in [1.807, 2.05) is 0 Å². The molecule has 0 amide bonds. The predicted octanol–water partition coefficient (Wildman–Crippen LogP) is 3.58. The van der Waals surface area contributed by atoms with Gasteiger partial charge in [0.15, 0.2) is 0 Å². The quantitative estimate of drug-likeness (QED) is 0.698. The van der Waals surface area contributed by atoms with Gasteiger partial charge in [-0.15, -0.1) is 0 Å². The molecule has 2 nitrogen and oxygen atoms in total. The minimum absolute atomic E-state index is 0.304. The molecule has 1 aliphatic heterocycles. The first-order valence-corrected chi connectivity index (χ1v) is 7.48. The molecule has 1 aliphatic carbocycles. The minimum Gasteiger partial charge on any atom is -0.299 e. The lowest BCUT2D eigenvalue weighted by molar-refractivity contribution is 0.182. The second-order valence-electron chi connectivity index (χ2n) is 5.88. The van der Waals surface area contributed by atoms with E-state index in [4.69, 9.17) is 0 Å². The summed E-state index contributed by atoms with van der Waals surface area (Å²) in [6, 6.07) is 3.15. The number of rotatable bonds is 3. The molecule has 1 saturated carbocycles. The van der Waals surface area contributed by atoms with Gasteiger partial charge in [0.05, 0.1) is 12.0 Å². The van der Waals surface area contributed by atoms with Gasteiger partial charge in [-0.25, -0.2) is 0 Å². The first-order chi connectivity index (χ1) is 8.35. The van der Waals surface area contributed by atoms with Crippen LogP contribution in [0.3, 0.4) is 0 Å². The number of hydrogen-bond acceptors (Lipinski definition) is 2. The Balaban J connectivity index is 1.93. The molecule has 3 unspecified atom stereocenters. The van der Waals surface area contributed by atoms with Gasteiger partial charge < -0.3 is 0 Å². The normalized spacial score (nSPS) is 35.4. The molecule has 96 valence electrons. The van der Waals surface area contributed by atoms with Gasteiger partial charge in [0.1, 0.15) is 0 Å². The number of nitrogens with zero attached hydrogens (tertiary/aromatic N) is 2. The lowest BCUT2D eigenvalue weighted by atomic mass is 9.95. The molecule has 2 rings (SSSR count). The largest absolute Gasteiger partial charge is 0.299 e. The zero-order valence-corrected chi connectivity index (χ0v) is 11.2. The van der Waals surface area contributed by atoms with Crippen LogP contribution in [0.5, 0.6) is 0 Å². The van der Waals surface area contributed by atoms with Crippen molar-refractivity contribution in [2.45, 2.75) is 64.3 Å². The highest BCUT2D eigenvalue weighted by molar-refractivity contribution is 4.96. The molecule has 17 heavy (non-hydrogen) atoms. The fraction of sp³-hybridized carbons (Fsp3) is 0.933. The first kappa shape index (κ1) is 12.9. The number of nitriles is 1. The molecule has 0 N–H and O–H groups in total. The maximum Gasteiger partial charge on any atom is 0.0672 e. The molecule has 0 aromatic heterocycles. The molecule has 2 heteroatoms. The van der Waals surface area contributed by atoms with Crippen molar-refractivity contribution < 1.29 is 0 Å². The fourth-order valence-corrected chi connectivity index (χ4v) is 3.68. The van der Waals surface area contributed by atoms with Crippen LogP contribution in [0.15, 0.2) is 0 Å². The van der Waals surface area contributed by atoms with Crippen molar-refractivity contribution in [2.24, 2.45) is 11.8 Å². The summed E-state index contributed by atoms with van der Waals surface area (Å²) in [5.41, 5.74) is 0. The van der Waals surface area contributed by atoms with Gasteiger partial charge in [-0.2, -0.15) is 5.26 Å². The van der Waals surface area contributed by atoms with E-state index < -0.39 is 0 Å². The Kier molecular flexibility index (Phi) is 4.86. The van der Waals surface area contributed by atoms with E-state index in [0.29, 0.717) is 12.0 Å². The van der Waals surface area contributed by atoms with Gasteiger partial charge in [-0.05, 0) is 38.1 Å². The summed E-state index contributed by atoms with van der Waals surface area (Å²) in [6.45, 7) is 4.79. The Labute approximate surface area is 106 Å². The van der Waals surface area contributed by atoms with Crippen LogP contribution in [0.4, 0.5) is 0 Å². The van der Waals surface area contributed by atoms with Gasteiger partial charge in [-0.3, -0.25) is 4.90 Å². The molecule has 2 fully saturated rings. The average Bonchev–Trinajstić information content (AvgIpc) is 2.66. The Morgan fingerprint density at radius 1 is 1.18 bits per heavy atom. The lowest BCUT2D eigenvalue weighted by Gasteiger charge is -2.30. The van der Waals surface area contributed by atoms with Crippen LogP contribution < -0.4 is 0 Å². The van der Waals surface area contributed by atoms with Crippen molar-refractivity contribution in [1.82, 2.24) is 4.90 Å². The molecule has 0 spiro atoms. The standard InChI is InChI=1S/C15H26N2/c1-2-6-13-9-10-17(12-13)15-8-5-3-4-7-14(15)11-16/h13-15H,2-10,12H2,1H3. The molecule has 1 saturated heterocycles. The molecule has 1 heterocycles. The van der Waals surface area contributed by atoms with Crippen molar-refractivity contribution in [3.8, 4) is 6.07 Å². The topological polar surface area (TPSA) is 27.0 Å². The summed E-state index contributed by atoms with van der Waals surface area (Å²) in [4.78, 5) is 2.64. The molecule has 3 atom stereocenters. The monoisotopic (exact) mass is 234 g/mol. The van der Waals surface area contributed by atoms with E-state index in [-0.39, 0.29) is 0 Å². The highest BCUT2D eigenvalue weighted by atomic mass is 15.2. The van der Waals surface area contributed by atoms with Crippen LogP contribution in [-0.4, -0.2) is 24.0 Å². The molecular weight excluding hydrogens is 208 g/mol. The van der Waals surface area contributed by atoms with Crippen molar-refractivity contribution in [3.05, 3.63) is 0 Å². The smallest absolute Gasteiger partial charge is 0.0672 e. The van der Waals surface area contributed by atoms with Crippen LogP contribution in [0, 0.1) is 23.2 Å². The van der Waals surface area contributed by atoms with Crippen LogP contribution in [0.25, 0.3) is 0 Å². The molecule has 0 aromatic carbocycles. The second kappa shape index (κ2) is 6.40. The van der Waals surface area contributed by atoms with E-state index in [2.05, 4.69) is 17.9 Å². The minimum atomic E-state index is 0.304. The van der Waals surface area contributed by atoms with Gasteiger partial charge in [-0.1, -0.05) is 32.6 Å². The predicted molar refractivity (Wildman–Crippen MR) is 70.6 cm³/mol. The van der Waals surface area contributed by atoms with Crippen molar-refractivity contribution in [1.29, 1.82) is 5.26 Å². The number of likely N-dealkylation sites (tertiary alicyclic amines) is 1. The van der Waals surface area contributed by atoms with Gasteiger partial charge in [0, 0.05) is 12.6 Å². The maximum atomic E-state index is 9.34. The summed E-state index contributed by atoms with van der Waals surface area (Å²) in [7, 11) is 0. The van der Waals surface area contributed by atoms with Crippen LogP contribution in [-0.2, 0) is 0 Å². The molecular formula is C15H26N2. The number of hydrogen-bond donors (Lipinski definition) is 0. The Morgan fingerprint density at radius 2 is 2.00 bits per heavy atom. The summed E-state index contributed by atoms with van der Waals surface area (Å²) >= 11 is 0. The van der Waals surface area contributed by atoms with Gasteiger partial charge in [0.2, 0.25) is 0 Å². The van der Waals surface area contributed by atoms with Crippen molar-refractivity contribution in [2.75, 3.05) is 13.1 Å². The average molecular weight is 234 g/mol. The van der Waals surface area contributed by atoms with Gasteiger partial charge in [0.25, 0.3) is 0 Å². The van der Waals surface area contributed by atoms with E-state index >= 15 is 0 Å². The summed E-state index contributed by atoms with van der Waals surface area (Å²) in [6.07, 6.45) is 10.4. The summed E-state index contributed by atoms with van der Waals surface area (Å²) < 4.78 is 0. The molecule has 2 aliphatic rings. The summed E-state index contributed by atoms with van der Waals surface area (Å²) in [5.74, 6) is 1.21. The van der Waals surface area contributed by atoms with E-state index in [0.717, 1.165) is 12.3 Å². The first-order valence-electron chi connectivity index (χ1n) is 7.48. The van der Waals surface area contributed by atoms with E-state index in [1.54, 1.807) is 0 Å². The highest BCUT2D eigenvalue weighted by Crippen LogP contribution is 2.31. The zero-order valence-electron chi connectivity index (χ0n) is 11.2. The molecule has 0 aromatic rings. The molecule has 0 bridgehead atoms. The van der Waals surface area contributed by atoms with Crippen LogP contribution in [0.2, 0.25) is 0 Å². The van der Waals surface area contributed by atoms with Gasteiger partial charge >= 0.3 is 0 Å². The highest BCUT2D eigenvalue weighted by Gasteiger charge is 2.33. The third kappa shape index (κ3) is 3.22. The van der Waals surface area contributed by atoms with E-state index in [1.165, 1.54) is 58.0 Å². The van der Waals surface area contributed by atoms with Crippen LogP contribution in [0.1, 0.15) is 58.3 Å². The van der Waals surface area contributed by atoms with Crippen LogP contribution >= 0.6 is 0 Å². The third-order valence-electron chi connectivity index (χ3n) is 4.63. The Morgan fingerprint density at radius 3 is 2.76 bits per heavy atom. The summed E-state index contributed by atoms with van der Waals surface area (Å²) in [5, 5.41) is 9.34. The zero-order chi connectivity index (χ0) is 12.1. The van der Waals surface area contributed by atoms with E-state index in [9.17, 15) is 5.26 Å². The molecule has 0 radical (unpaired) electrons. The Hall–Kier alpha value is -0.550.